The maximum Gasteiger partial charge on any atom is 0.246 e. The van der Waals surface area contributed by atoms with E-state index in [-0.39, 0.29) is 24.4 Å². The van der Waals surface area contributed by atoms with Gasteiger partial charge in [-0.3, -0.25) is 14.4 Å². The third kappa shape index (κ3) is 4.36. The monoisotopic (exact) mass is 547 g/mol. The van der Waals surface area contributed by atoms with E-state index >= 15 is 0 Å². The Hall–Kier alpha value is -3.72. The molecule has 210 valence electrons. The normalized spacial score (nSPS) is 30.8. The lowest BCUT2D eigenvalue weighted by Crippen LogP contribution is -2.56. The molecule has 1 aliphatic carbocycles. The van der Waals surface area contributed by atoms with Crippen LogP contribution in [0, 0.1) is 17.7 Å². The van der Waals surface area contributed by atoms with E-state index in [4.69, 9.17) is 9.47 Å². The van der Waals surface area contributed by atoms with Gasteiger partial charge in [-0.05, 0) is 61.7 Å². The standard InChI is InChI=1S/C31H34FN3O5/c1-30-16-17-31(40-30)25(24(30)27(36)33-22-12-10-20(32)11-13-22)29(38)35(18-19-8-14-23(39-2)15-9-19)26(31)28(37)34-21-6-4-3-5-7-21/h8-17,21,24-26H,3-7,18H2,1-2H3,(H,33,36)(H,34,37)/t24-,25-,26+,30-,31+/m1/s1. The number of likely N-dealkylation sites (tertiary alicyclic amines) is 1. The SMILES string of the molecule is COc1ccc(CN2C(=O)[C@H]3[C@H](C(=O)Nc4ccc(F)cc4)[C@@]4(C)C=C[C@@]3(O4)[C@@H]2C(=O)NC2CCCCC2)cc1. The van der Waals surface area contributed by atoms with Crippen molar-refractivity contribution in [1.29, 1.82) is 0 Å². The minimum absolute atomic E-state index is 0.0466. The number of fused-ring (bicyclic) bond motifs is 1. The molecule has 0 unspecified atom stereocenters. The van der Waals surface area contributed by atoms with Gasteiger partial charge in [-0.1, -0.05) is 43.5 Å². The van der Waals surface area contributed by atoms with Gasteiger partial charge in [-0.25, -0.2) is 4.39 Å². The minimum Gasteiger partial charge on any atom is -0.497 e. The minimum atomic E-state index is -1.28. The summed E-state index contributed by atoms with van der Waals surface area (Å²) in [5, 5.41) is 6.04. The molecular weight excluding hydrogens is 513 g/mol. The van der Waals surface area contributed by atoms with Crippen molar-refractivity contribution in [1.82, 2.24) is 10.2 Å². The molecule has 2 aromatic carbocycles. The summed E-state index contributed by atoms with van der Waals surface area (Å²) in [7, 11) is 1.59. The Balaban J connectivity index is 1.34. The first-order valence-electron chi connectivity index (χ1n) is 13.9. The van der Waals surface area contributed by atoms with Crippen molar-refractivity contribution in [3.8, 4) is 5.75 Å². The number of anilines is 1. The van der Waals surface area contributed by atoms with Crippen LogP contribution in [0.4, 0.5) is 10.1 Å². The Morgan fingerprint density at radius 2 is 1.73 bits per heavy atom. The van der Waals surface area contributed by atoms with Gasteiger partial charge in [0.15, 0.2) is 0 Å². The summed E-state index contributed by atoms with van der Waals surface area (Å²) in [6.07, 6.45) is 8.69. The zero-order chi connectivity index (χ0) is 28.1. The average Bonchev–Trinajstić information content (AvgIpc) is 3.51. The number of halogens is 1. The second kappa shape index (κ2) is 10.0. The molecule has 1 spiro atoms. The summed E-state index contributed by atoms with van der Waals surface area (Å²) < 4.78 is 25.3. The number of hydrogen-bond donors (Lipinski definition) is 2. The van der Waals surface area contributed by atoms with Gasteiger partial charge in [0.25, 0.3) is 0 Å². The lowest BCUT2D eigenvalue weighted by atomic mass is 9.70. The van der Waals surface area contributed by atoms with Crippen molar-refractivity contribution in [3.63, 3.8) is 0 Å². The Morgan fingerprint density at radius 3 is 2.40 bits per heavy atom. The predicted molar refractivity (Wildman–Crippen MR) is 146 cm³/mol. The fourth-order valence-corrected chi connectivity index (χ4v) is 7.01. The van der Waals surface area contributed by atoms with Gasteiger partial charge >= 0.3 is 0 Å². The highest BCUT2D eigenvalue weighted by Crippen LogP contribution is 2.60. The molecule has 3 fully saturated rings. The predicted octanol–water partition coefficient (Wildman–Crippen LogP) is 3.96. The number of rotatable bonds is 7. The maximum absolute atomic E-state index is 14.2. The summed E-state index contributed by atoms with van der Waals surface area (Å²) in [6, 6.07) is 11.9. The molecule has 5 atom stereocenters. The van der Waals surface area contributed by atoms with Crippen LogP contribution in [0.3, 0.4) is 0 Å². The molecule has 3 amide bonds. The van der Waals surface area contributed by atoms with E-state index in [0.29, 0.717) is 11.4 Å². The molecule has 4 aliphatic rings. The quantitative estimate of drug-likeness (QED) is 0.512. The van der Waals surface area contributed by atoms with E-state index < -0.39 is 40.8 Å². The second-order valence-electron chi connectivity index (χ2n) is 11.5. The number of methoxy groups -OCH3 is 1. The van der Waals surface area contributed by atoms with Gasteiger partial charge in [0.05, 0.1) is 24.5 Å². The van der Waals surface area contributed by atoms with Crippen molar-refractivity contribution < 1.29 is 28.2 Å². The fraction of sp³-hybridized carbons (Fsp3) is 0.452. The third-order valence-electron chi connectivity index (χ3n) is 8.90. The summed E-state index contributed by atoms with van der Waals surface area (Å²) in [5.74, 6) is -2.45. The van der Waals surface area contributed by atoms with Crippen LogP contribution >= 0.6 is 0 Å². The Morgan fingerprint density at radius 1 is 1.02 bits per heavy atom. The van der Waals surface area contributed by atoms with Crippen molar-refractivity contribution in [3.05, 3.63) is 72.1 Å². The Kier molecular flexibility index (Phi) is 6.65. The lowest BCUT2D eigenvalue weighted by molar-refractivity contribution is -0.145. The summed E-state index contributed by atoms with van der Waals surface area (Å²) in [4.78, 5) is 43.5. The lowest BCUT2D eigenvalue weighted by Gasteiger charge is -2.34. The van der Waals surface area contributed by atoms with Gasteiger partial charge < -0.3 is 25.0 Å². The number of ether oxygens (including phenoxy) is 2. The van der Waals surface area contributed by atoms with Crippen molar-refractivity contribution in [2.45, 2.75) is 68.9 Å². The van der Waals surface area contributed by atoms with E-state index in [0.717, 1.165) is 37.7 Å². The van der Waals surface area contributed by atoms with E-state index in [9.17, 15) is 18.8 Å². The zero-order valence-corrected chi connectivity index (χ0v) is 22.7. The maximum atomic E-state index is 14.2. The highest BCUT2D eigenvalue weighted by molar-refractivity contribution is 6.03. The van der Waals surface area contributed by atoms with Crippen LogP contribution in [0.5, 0.6) is 5.75 Å². The number of nitrogens with zero attached hydrogens (tertiary/aromatic N) is 1. The van der Waals surface area contributed by atoms with Crippen LogP contribution < -0.4 is 15.4 Å². The van der Waals surface area contributed by atoms with Gasteiger partial charge in [0, 0.05) is 18.3 Å². The van der Waals surface area contributed by atoms with Crippen LogP contribution in [0.25, 0.3) is 0 Å². The Bertz CT molecular complexity index is 1340. The molecular formula is C31H34FN3O5. The summed E-state index contributed by atoms with van der Waals surface area (Å²) >= 11 is 0. The van der Waals surface area contributed by atoms with Crippen molar-refractivity contribution >= 4 is 23.4 Å². The van der Waals surface area contributed by atoms with Crippen LogP contribution in [0.1, 0.15) is 44.6 Å². The molecule has 6 rings (SSSR count). The Labute approximate surface area is 232 Å². The summed E-state index contributed by atoms with van der Waals surface area (Å²) in [6.45, 7) is 1.96. The first kappa shape index (κ1) is 26.5. The molecule has 2 N–H and O–H groups in total. The smallest absolute Gasteiger partial charge is 0.246 e. The van der Waals surface area contributed by atoms with Gasteiger partial charge in [-0.15, -0.1) is 0 Å². The van der Waals surface area contributed by atoms with Gasteiger partial charge in [-0.2, -0.15) is 0 Å². The molecule has 2 bridgehead atoms. The van der Waals surface area contributed by atoms with E-state index in [1.807, 2.05) is 36.4 Å². The molecule has 2 aromatic rings. The molecule has 2 saturated heterocycles. The van der Waals surface area contributed by atoms with Crippen molar-refractivity contribution in [2.75, 3.05) is 12.4 Å². The molecule has 3 heterocycles. The highest BCUT2D eigenvalue weighted by atomic mass is 19.1. The van der Waals surface area contributed by atoms with E-state index in [1.54, 1.807) is 18.9 Å². The molecule has 40 heavy (non-hydrogen) atoms. The average molecular weight is 548 g/mol. The van der Waals surface area contributed by atoms with Gasteiger partial charge in [0.2, 0.25) is 17.7 Å². The molecule has 3 aliphatic heterocycles. The van der Waals surface area contributed by atoms with Crippen LogP contribution in [-0.4, -0.2) is 53.0 Å². The van der Waals surface area contributed by atoms with E-state index in [1.165, 1.54) is 24.3 Å². The third-order valence-corrected chi connectivity index (χ3v) is 8.90. The molecule has 9 heteroatoms. The van der Waals surface area contributed by atoms with Gasteiger partial charge in [0.1, 0.15) is 23.2 Å². The first-order valence-corrected chi connectivity index (χ1v) is 13.9. The topological polar surface area (TPSA) is 97.0 Å². The molecule has 1 saturated carbocycles. The fourth-order valence-electron chi connectivity index (χ4n) is 7.01. The molecule has 8 nitrogen and oxygen atoms in total. The zero-order valence-electron chi connectivity index (χ0n) is 22.7. The largest absolute Gasteiger partial charge is 0.497 e. The number of benzene rings is 2. The number of nitrogens with one attached hydrogen (secondary N) is 2. The van der Waals surface area contributed by atoms with Crippen LogP contribution in [0.2, 0.25) is 0 Å². The number of hydrogen-bond acceptors (Lipinski definition) is 5. The first-order chi connectivity index (χ1) is 19.2. The molecule has 0 aromatic heterocycles. The number of carbonyl (C=O) groups is 3. The number of amides is 3. The van der Waals surface area contributed by atoms with E-state index in [2.05, 4.69) is 10.6 Å². The second-order valence-corrected chi connectivity index (χ2v) is 11.5. The summed E-state index contributed by atoms with van der Waals surface area (Å²) in [5.41, 5.74) is -1.09. The van der Waals surface area contributed by atoms with Crippen LogP contribution in [-0.2, 0) is 25.7 Å². The number of carbonyl (C=O) groups excluding carboxylic acids is 3. The van der Waals surface area contributed by atoms with Crippen molar-refractivity contribution in [2.24, 2.45) is 11.8 Å². The molecule has 0 radical (unpaired) electrons. The van der Waals surface area contributed by atoms with Crippen LogP contribution in [0.15, 0.2) is 60.7 Å². The highest BCUT2D eigenvalue weighted by Gasteiger charge is 2.76.